The third-order valence-electron chi connectivity index (χ3n) is 6.33. The molecular weight excluding hydrogens is 408 g/mol. The molecule has 0 radical (unpaired) electrons. The summed E-state index contributed by atoms with van der Waals surface area (Å²) in [7, 11) is 2.15. The van der Waals surface area contributed by atoms with Crippen LogP contribution in [0.5, 0.6) is 11.5 Å². The molecule has 9 nitrogen and oxygen atoms in total. The van der Waals surface area contributed by atoms with E-state index >= 15 is 0 Å². The first-order chi connectivity index (χ1) is 15.6. The SMILES string of the molecule is Cc1nc(N2CCN(C)CC2)cc(N2CCN(C(=O)c3cccc4c3OCCO4)CC2)n1. The standard InChI is InChI=1S/C23H30N6O3/c1-17-24-20(27-8-6-26(2)7-9-27)16-21(25-17)28-10-12-29(13-11-28)23(30)18-4-3-5-19-22(18)32-15-14-31-19/h3-5,16H,6-15H2,1-2H3. The number of rotatable bonds is 3. The van der Waals surface area contributed by atoms with Crippen molar-refractivity contribution < 1.29 is 14.3 Å². The van der Waals surface area contributed by atoms with Gasteiger partial charge in [0.05, 0.1) is 5.56 Å². The van der Waals surface area contributed by atoms with E-state index < -0.39 is 0 Å². The lowest BCUT2D eigenvalue weighted by atomic mass is 10.1. The number of ether oxygens (including phenoxy) is 2. The Morgan fingerprint density at radius 2 is 1.50 bits per heavy atom. The molecule has 3 aliphatic rings. The molecule has 9 heteroatoms. The van der Waals surface area contributed by atoms with Crippen molar-refractivity contribution in [3.8, 4) is 11.5 Å². The van der Waals surface area contributed by atoms with Crippen LogP contribution in [-0.2, 0) is 0 Å². The molecule has 170 valence electrons. The van der Waals surface area contributed by atoms with E-state index in [1.807, 2.05) is 30.0 Å². The van der Waals surface area contributed by atoms with Crippen molar-refractivity contribution in [3.63, 3.8) is 0 Å². The fraction of sp³-hybridized carbons (Fsp3) is 0.522. The lowest BCUT2D eigenvalue weighted by Gasteiger charge is -2.37. The monoisotopic (exact) mass is 438 g/mol. The molecule has 0 N–H and O–H groups in total. The number of piperazine rings is 2. The second-order valence-electron chi connectivity index (χ2n) is 8.53. The summed E-state index contributed by atoms with van der Waals surface area (Å²) in [6.45, 7) is 9.69. The van der Waals surface area contributed by atoms with Gasteiger partial charge in [0.25, 0.3) is 5.91 Å². The Morgan fingerprint density at radius 3 is 2.19 bits per heavy atom. The molecule has 1 aromatic carbocycles. The Kier molecular flexibility index (Phi) is 5.73. The second-order valence-corrected chi connectivity index (χ2v) is 8.53. The number of benzene rings is 1. The van der Waals surface area contributed by atoms with E-state index in [-0.39, 0.29) is 5.91 Å². The van der Waals surface area contributed by atoms with Gasteiger partial charge in [-0.3, -0.25) is 4.79 Å². The third-order valence-corrected chi connectivity index (χ3v) is 6.33. The van der Waals surface area contributed by atoms with Crippen LogP contribution in [0.4, 0.5) is 11.6 Å². The molecular formula is C23H30N6O3. The van der Waals surface area contributed by atoms with Gasteiger partial charge in [0, 0.05) is 58.4 Å². The van der Waals surface area contributed by atoms with Crippen LogP contribution in [0.1, 0.15) is 16.2 Å². The summed E-state index contributed by atoms with van der Waals surface area (Å²) in [6.07, 6.45) is 0. The lowest BCUT2D eigenvalue weighted by Crippen LogP contribution is -2.49. The number of amides is 1. The summed E-state index contributed by atoms with van der Waals surface area (Å²) in [4.78, 5) is 31.4. The number of carbonyl (C=O) groups is 1. The Morgan fingerprint density at radius 1 is 0.875 bits per heavy atom. The van der Waals surface area contributed by atoms with Gasteiger partial charge in [-0.15, -0.1) is 0 Å². The topological polar surface area (TPSA) is 74.3 Å². The van der Waals surface area contributed by atoms with E-state index in [2.05, 4.69) is 32.8 Å². The summed E-state index contributed by atoms with van der Waals surface area (Å²) in [6, 6.07) is 7.60. The van der Waals surface area contributed by atoms with E-state index in [4.69, 9.17) is 14.5 Å². The van der Waals surface area contributed by atoms with Crippen molar-refractivity contribution in [1.29, 1.82) is 0 Å². The molecule has 2 fully saturated rings. The minimum Gasteiger partial charge on any atom is -0.486 e. The van der Waals surface area contributed by atoms with E-state index in [1.54, 1.807) is 0 Å². The van der Waals surface area contributed by atoms with Crippen LogP contribution in [0.25, 0.3) is 0 Å². The van der Waals surface area contributed by atoms with E-state index in [0.717, 1.165) is 56.7 Å². The van der Waals surface area contributed by atoms with Gasteiger partial charge < -0.3 is 29.1 Å². The highest BCUT2D eigenvalue weighted by Gasteiger charge is 2.28. The summed E-state index contributed by atoms with van der Waals surface area (Å²) < 4.78 is 11.4. The summed E-state index contributed by atoms with van der Waals surface area (Å²) in [5, 5.41) is 0. The normalized spacial score (nSPS) is 19.2. The number of hydrogen-bond acceptors (Lipinski definition) is 8. The molecule has 0 aliphatic carbocycles. The molecule has 5 rings (SSSR count). The minimum atomic E-state index is -0.0102. The number of likely N-dealkylation sites (N-methyl/N-ethyl adjacent to an activating group) is 1. The molecule has 0 unspecified atom stereocenters. The second kappa shape index (κ2) is 8.82. The van der Waals surface area contributed by atoms with E-state index in [0.29, 0.717) is 43.4 Å². The molecule has 0 bridgehead atoms. The van der Waals surface area contributed by atoms with Crippen molar-refractivity contribution in [1.82, 2.24) is 19.8 Å². The first-order valence-corrected chi connectivity index (χ1v) is 11.3. The molecule has 32 heavy (non-hydrogen) atoms. The summed E-state index contributed by atoms with van der Waals surface area (Å²) >= 11 is 0. The zero-order chi connectivity index (χ0) is 22.1. The van der Waals surface area contributed by atoms with Gasteiger partial charge in [-0.2, -0.15) is 0 Å². The van der Waals surface area contributed by atoms with Gasteiger partial charge >= 0.3 is 0 Å². The quantitative estimate of drug-likeness (QED) is 0.710. The van der Waals surface area contributed by atoms with Gasteiger partial charge in [0.15, 0.2) is 11.5 Å². The van der Waals surface area contributed by atoms with Crippen molar-refractivity contribution in [2.75, 3.05) is 82.4 Å². The van der Waals surface area contributed by atoms with Gasteiger partial charge in [-0.05, 0) is 26.1 Å². The number of para-hydroxylation sites is 1. The highest BCUT2D eigenvalue weighted by molar-refractivity contribution is 5.98. The van der Waals surface area contributed by atoms with Crippen LogP contribution in [0.15, 0.2) is 24.3 Å². The highest BCUT2D eigenvalue weighted by atomic mass is 16.6. The minimum absolute atomic E-state index is 0.0102. The largest absolute Gasteiger partial charge is 0.486 e. The van der Waals surface area contributed by atoms with Crippen molar-refractivity contribution in [2.24, 2.45) is 0 Å². The van der Waals surface area contributed by atoms with Gasteiger partial charge in [0.1, 0.15) is 30.7 Å². The van der Waals surface area contributed by atoms with Crippen molar-refractivity contribution in [3.05, 3.63) is 35.7 Å². The van der Waals surface area contributed by atoms with Crippen LogP contribution in [0.3, 0.4) is 0 Å². The van der Waals surface area contributed by atoms with E-state index in [1.165, 1.54) is 0 Å². The fourth-order valence-corrected chi connectivity index (χ4v) is 4.45. The zero-order valence-electron chi connectivity index (χ0n) is 18.8. The Hall–Kier alpha value is -3.07. The number of aryl methyl sites for hydroxylation is 1. The highest BCUT2D eigenvalue weighted by Crippen LogP contribution is 2.34. The molecule has 0 atom stereocenters. The van der Waals surface area contributed by atoms with Crippen LogP contribution in [-0.4, -0.2) is 98.3 Å². The Labute approximate surface area is 188 Å². The molecule has 2 saturated heterocycles. The molecule has 0 spiro atoms. The molecule has 2 aromatic rings. The van der Waals surface area contributed by atoms with Crippen LogP contribution in [0.2, 0.25) is 0 Å². The Bertz CT molecular complexity index is 984. The first kappa shape index (κ1) is 20.8. The maximum atomic E-state index is 13.2. The average Bonchev–Trinajstić information content (AvgIpc) is 2.83. The maximum absolute atomic E-state index is 13.2. The number of anilines is 2. The molecule has 4 heterocycles. The smallest absolute Gasteiger partial charge is 0.257 e. The third kappa shape index (κ3) is 4.17. The van der Waals surface area contributed by atoms with Crippen molar-refractivity contribution in [2.45, 2.75) is 6.92 Å². The fourth-order valence-electron chi connectivity index (χ4n) is 4.45. The number of nitrogens with zero attached hydrogens (tertiary/aromatic N) is 6. The summed E-state index contributed by atoms with van der Waals surface area (Å²) in [5.41, 5.74) is 0.575. The molecule has 1 aromatic heterocycles. The predicted molar refractivity (Wildman–Crippen MR) is 122 cm³/mol. The van der Waals surface area contributed by atoms with Crippen LogP contribution < -0.4 is 19.3 Å². The number of hydrogen-bond donors (Lipinski definition) is 0. The molecule has 0 saturated carbocycles. The zero-order valence-corrected chi connectivity index (χ0v) is 18.8. The van der Waals surface area contributed by atoms with E-state index in [9.17, 15) is 4.79 Å². The van der Waals surface area contributed by atoms with Gasteiger partial charge in [0.2, 0.25) is 0 Å². The van der Waals surface area contributed by atoms with Gasteiger partial charge in [-0.1, -0.05) is 6.07 Å². The number of carbonyl (C=O) groups excluding carboxylic acids is 1. The average molecular weight is 439 g/mol. The number of fused-ring (bicyclic) bond motifs is 1. The van der Waals surface area contributed by atoms with Crippen LogP contribution in [0, 0.1) is 6.92 Å². The molecule has 3 aliphatic heterocycles. The Balaban J connectivity index is 1.27. The van der Waals surface area contributed by atoms with Crippen molar-refractivity contribution >= 4 is 17.5 Å². The maximum Gasteiger partial charge on any atom is 0.257 e. The first-order valence-electron chi connectivity index (χ1n) is 11.3. The summed E-state index contributed by atoms with van der Waals surface area (Å²) in [5.74, 6) is 3.91. The number of aromatic nitrogens is 2. The van der Waals surface area contributed by atoms with Gasteiger partial charge in [-0.25, -0.2) is 9.97 Å². The predicted octanol–water partition coefficient (Wildman–Crippen LogP) is 1.27. The van der Waals surface area contributed by atoms with Crippen LogP contribution >= 0.6 is 0 Å². The molecule has 1 amide bonds. The lowest BCUT2D eigenvalue weighted by molar-refractivity contribution is 0.0736.